The van der Waals surface area contributed by atoms with Crippen LogP contribution in [0.2, 0.25) is 5.02 Å². The largest absolute Gasteiger partial charge is 0.489 e. The molecule has 2 aromatic heterocycles. The van der Waals surface area contributed by atoms with Crippen LogP contribution in [0.15, 0.2) is 90.4 Å². The molecule has 1 amide bonds. The van der Waals surface area contributed by atoms with E-state index in [0.717, 1.165) is 22.3 Å². The number of fused-ring (bicyclic) bond motifs is 1. The Morgan fingerprint density at radius 2 is 1.79 bits per heavy atom. The smallest absolute Gasteiger partial charge is 0.266 e. The van der Waals surface area contributed by atoms with Gasteiger partial charge in [0.25, 0.3) is 5.91 Å². The minimum absolute atomic E-state index is 0.186. The molecule has 0 saturated heterocycles. The number of hydrogen-bond acceptors (Lipinski definition) is 4. The van der Waals surface area contributed by atoms with Crippen molar-refractivity contribution in [2.24, 2.45) is 0 Å². The van der Waals surface area contributed by atoms with E-state index in [4.69, 9.17) is 16.3 Å². The van der Waals surface area contributed by atoms with Gasteiger partial charge in [-0.15, -0.1) is 11.3 Å². The number of halogens is 1. The second-order valence-electron chi connectivity index (χ2n) is 7.60. The Labute approximate surface area is 200 Å². The third kappa shape index (κ3) is 5.25. The van der Waals surface area contributed by atoms with Gasteiger partial charge in [-0.2, -0.15) is 5.10 Å². The lowest BCUT2D eigenvalue weighted by Crippen LogP contribution is -2.11. The van der Waals surface area contributed by atoms with Crippen LogP contribution >= 0.6 is 22.9 Å². The number of benzene rings is 3. The fourth-order valence-electron chi connectivity index (χ4n) is 3.47. The summed E-state index contributed by atoms with van der Waals surface area (Å²) in [5.74, 6) is 1.13. The SMILES string of the molecule is O=C(Nc1ccn(Cc2ccc(Cl)cc2)n1)c1cc(COc2ccc3ccccc3c2)cs1. The Hall–Kier alpha value is -3.61. The van der Waals surface area contributed by atoms with Crippen molar-refractivity contribution >= 4 is 45.4 Å². The summed E-state index contributed by atoms with van der Waals surface area (Å²) in [6, 6.07) is 25.4. The maximum absolute atomic E-state index is 12.6. The number of nitrogens with zero attached hydrogens (tertiary/aromatic N) is 2. The summed E-state index contributed by atoms with van der Waals surface area (Å²) in [6.45, 7) is 1.00. The number of thiophene rings is 1. The van der Waals surface area contributed by atoms with Crippen molar-refractivity contribution in [2.75, 3.05) is 5.32 Å². The van der Waals surface area contributed by atoms with Crippen LogP contribution in [0.5, 0.6) is 5.75 Å². The van der Waals surface area contributed by atoms with E-state index in [9.17, 15) is 4.79 Å². The first kappa shape index (κ1) is 21.2. The van der Waals surface area contributed by atoms with E-state index in [1.54, 1.807) is 10.7 Å². The van der Waals surface area contributed by atoms with Crippen molar-refractivity contribution in [3.63, 3.8) is 0 Å². The zero-order chi connectivity index (χ0) is 22.6. The van der Waals surface area contributed by atoms with Gasteiger partial charge in [0.15, 0.2) is 5.82 Å². The molecule has 2 heterocycles. The topological polar surface area (TPSA) is 56.2 Å². The Morgan fingerprint density at radius 3 is 2.64 bits per heavy atom. The van der Waals surface area contributed by atoms with E-state index in [2.05, 4.69) is 22.5 Å². The molecule has 164 valence electrons. The molecule has 0 unspecified atom stereocenters. The second-order valence-corrected chi connectivity index (χ2v) is 8.94. The normalized spacial score (nSPS) is 10.9. The van der Waals surface area contributed by atoms with Gasteiger partial charge >= 0.3 is 0 Å². The average molecular weight is 474 g/mol. The molecule has 33 heavy (non-hydrogen) atoms. The molecule has 3 aromatic carbocycles. The minimum atomic E-state index is -0.186. The zero-order valence-corrected chi connectivity index (χ0v) is 19.1. The fraction of sp³-hybridized carbons (Fsp3) is 0.0769. The Bertz CT molecular complexity index is 1410. The predicted octanol–water partition coefficient (Wildman–Crippen LogP) is 6.63. The van der Waals surface area contributed by atoms with Crippen LogP contribution < -0.4 is 10.1 Å². The van der Waals surface area contributed by atoms with Gasteiger partial charge in [-0.25, -0.2) is 0 Å². The molecule has 7 heteroatoms. The summed E-state index contributed by atoms with van der Waals surface area (Å²) >= 11 is 7.32. The van der Waals surface area contributed by atoms with Crippen LogP contribution in [0.3, 0.4) is 0 Å². The van der Waals surface area contributed by atoms with Crippen LogP contribution in [0.1, 0.15) is 20.8 Å². The first-order chi connectivity index (χ1) is 16.1. The highest BCUT2D eigenvalue weighted by Gasteiger charge is 2.12. The summed E-state index contributed by atoms with van der Waals surface area (Å²) in [5.41, 5.74) is 2.03. The van der Waals surface area contributed by atoms with E-state index in [1.807, 2.05) is 72.2 Å². The Morgan fingerprint density at radius 1 is 0.970 bits per heavy atom. The molecule has 5 nitrogen and oxygen atoms in total. The molecule has 0 fully saturated rings. The van der Waals surface area contributed by atoms with Crippen LogP contribution in [0, 0.1) is 0 Å². The van der Waals surface area contributed by atoms with Crippen molar-refractivity contribution in [2.45, 2.75) is 13.2 Å². The molecular formula is C26H20ClN3O2S. The van der Waals surface area contributed by atoms with Gasteiger partial charge in [-0.1, -0.05) is 54.1 Å². The number of carbonyl (C=O) groups is 1. The summed E-state index contributed by atoms with van der Waals surface area (Å²) in [4.78, 5) is 13.3. The molecule has 5 rings (SSSR count). The van der Waals surface area contributed by atoms with Gasteiger partial charge in [-0.3, -0.25) is 9.48 Å². The maximum Gasteiger partial charge on any atom is 0.266 e. The number of rotatable bonds is 7. The summed E-state index contributed by atoms with van der Waals surface area (Å²) in [6.07, 6.45) is 1.83. The monoisotopic (exact) mass is 473 g/mol. The summed E-state index contributed by atoms with van der Waals surface area (Å²) < 4.78 is 7.70. The molecule has 0 aliphatic carbocycles. The number of aromatic nitrogens is 2. The lowest BCUT2D eigenvalue weighted by atomic mass is 10.1. The molecule has 0 saturated carbocycles. The maximum atomic E-state index is 12.6. The lowest BCUT2D eigenvalue weighted by molar-refractivity contribution is 0.103. The van der Waals surface area contributed by atoms with Gasteiger partial charge in [0.2, 0.25) is 0 Å². The first-order valence-corrected chi connectivity index (χ1v) is 11.7. The minimum Gasteiger partial charge on any atom is -0.489 e. The first-order valence-electron chi connectivity index (χ1n) is 10.4. The van der Waals surface area contributed by atoms with Crippen molar-refractivity contribution in [3.8, 4) is 5.75 Å². The average Bonchev–Trinajstić information content (AvgIpc) is 3.49. The number of ether oxygens (including phenoxy) is 1. The predicted molar refractivity (Wildman–Crippen MR) is 133 cm³/mol. The van der Waals surface area contributed by atoms with Gasteiger partial charge in [-0.05, 0) is 52.0 Å². The van der Waals surface area contributed by atoms with E-state index < -0.39 is 0 Å². The molecule has 0 radical (unpaired) electrons. The molecular weight excluding hydrogens is 454 g/mol. The number of nitrogens with one attached hydrogen (secondary N) is 1. The number of hydrogen-bond donors (Lipinski definition) is 1. The molecule has 0 atom stereocenters. The molecule has 5 aromatic rings. The fourth-order valence-corrected chi connectivity index (χ4v) is 4.38. The standard InChI is InChI=1S/C26H20ClN3O2S/c27-22-8-5-18(6-9-22)15-30-12-11-25(29-30)28-26(31)24-13-19(17-33-24)16-32-23-10-7-20-3-1-2-4-21(20)14-23/h1-14,17H,15-16H2,(H,28,29,31). The van der Waals surface area contributed by atoms with Crippen molar-refractivity contribution in [1.29, 1.82) is 0 Å². The van der Waals surface area contributed by atoms with Crippen LogP contribution in [-0.4, -0.2) is 15.7 Å². The van der Waals surface area contributed by atoms with Gasteiger partial charge in [0.1, 0.15) is 12.4 Å². The quantitative estimate of drug-likeness (QED) is 0.288. The summed E-state index contributed by atoms with van der Waals surface area (Å²) in [7, 11) is 0. The summed E-state index contributed by atoms with van der Waals surface area (Å²) in [5, 5.41) is 12.2. The van der Waals surface area contributed by atoms with Crippen molar-refractivity contribution in [3.05, 3.63) is 111 Å². The van der Waals surface area contributed by atoms with Crippen LogP contribution in [0.4, 0.5) is 5.82 Å². The molecule has 0 spiro atoms. The van der Waals surface area contributed by atoms with Gasteiger partial charge < -0.3 is 10.1 Å². The van der Waals surface area contributed by atoms with Crippen LogP contribution in [-0.2, 0) is 13.2 Å². The second kappa shape index (κ2) is 9.48. The molecule has 0 aliphatic heterocycles. The Kier molecular flexibility index (Phi) is 6.11. The van der Waals surface area contributed by atoms with E-state index >= 15 is 0 Å². The van der Waals surface area contributed by atoms with Gasteiger partial charge in [0.05, 0.1) is 11.4 Å². The van der Waals surface area contributed by atoms with E-state index in [0.29, 0.717) is 28.9 Å². The number of amides is 1. The molecule has 0 aliphatic rings. The highest BCUT2D eigenvalue weighted by Crippen LogP contribution is 2.23. The van der Waals surface area contributed by atoms with Crippen LogP contribution in [0.25, 0.3) is 10.8 Å². The highest BCUT2D eigenvalue weighted by atomic mass is 35.5. The third-order valence-corrected chi connectivity index (χ3v) is 6.37. The van der Waals surface area contributed by atoms with Gasteiger partial charge in [0, 0.05) is 22.8 Å². The number of anilines is 1. The third-order valence-electron chi connectivity index (χ3n) is 5.14. The van der Waals surface area contributed by atoms with E-state index in [-0.39, 0.29) is 5.91 Å². The molecule has 1 N–H and O–H groups in total. The molecule has 0 bridgehead atoms. The highest BCUT2D eigenvalue weighted by molar-refractivity contribution is 7.12. The zero-order valence-electron chi connectivity index (χ0n) is 17.6. The number of carbonyl (C=O) groups excluding carboxylic acids is 1. The lowest BCUT2D eigenvalue weighted by Gasteiger charge is -2.06. The van der Waals surface area contributed by atoms with Crippen molar-refractivity contribution in [1.82, 2.24) is 9.78 Å². The van der Waals surface area contributed by atoms with E-state index in [1.165, 1.54) is 16.7 Å². The van der Waals surface area contributed by atoms with Crippen molar-refractivity contribution < 1.29 is 9.53 Å². The Balaban J connectivity index is 1.18.